The molecule has 0 amide bonds. The maximum absolute atomic E-state index is 12.9. The Morgan fingerprint density at radius 1 is 1.05 bits per heavy atom. The Labute approximate surface area is 126 Å². The summed E-state index contributed by atoms with van der Waals surface area (Å²) >= 11 is 0. The van der Waals surface area contributed by atoms with Crippen molar-refractivity contribution in [3.05, 3.63) is 71.0 Å². The van der Waals surface area contributed by atoms with E-state index in [0.717, 1.165) is 12.8 Å². The molecule has 1 nitrogen and oxygen atoms in total. The first-order valence-electron chi connectivity index (χ1n) is 7.70. The van der Waals surface area contributed by atoms with E-state index in [1.807, 2.05) is 12.1 Å². The van der Waals surface area contributed by atoms with Gasteiger partial charge in [-0.25, -0.2) is 4.39 Å². The van der Waals surface area contributed by atoms with Crippen molar-refractivity contribution in [3.8, 4) is 0 Å². The SMILES string of the molecule is Cc1ccccc1C(C)NC1CC(c2ccc(F)cc2)C1. The van der Waals surface area contributed by atoms with E-state index in [1.54, 1.807) is 12.1 Å². The second-order valence-corrected chi connectivity index (χ2v) is 6.16. The summed E-state index contributed by atoms with van der Waals surface area (Å²) in [6.07, 6.45) is 2.28. The van der Waals surface area contributed by atoms with E-state index >= 15 is 0 Å². The first-order chi connectivity index (χ1) is 10.1. The molecule has 1 fully saturated rings. The van der Waals surface area contributed by atoms with Crippen LogP contribution in [0.4, 0.5) is 4.39 Å². The summed E-state index contributed by atoms with van der Waals surface area (Å²) in [4.78, 5) is 0. The average molecular weight is 283 g/mol. The highest BCUT2D eigenvalue weighted by Gasteiger charge is 2.31. The minimum Gasteiger partial charge on any atom is -0.307 e. The molecule has 0 saturated heterocycles. The fourth-order valence-electron chi connectivity index (χ4n) is 3.28. The van der Waals surface area contributed by atoms with Gasteiger partial charge in [0.15, 0.2) is 0 Å². The van der Waals surface area contributed by atoms with Gasteiger partial charge in [0.05, 0.1) is 0 Å². The maximum Gasteiger partial charge on any atom is 0.123 e. The Hall–Kier alpha value is -1.67. The normalized spacial score (nSPS) is 22.6. The monoisotopic (exact) mass is 283 g/mol. The maximum atomic E-state index is 12.9. The molecule has 3 rings (SSSR count). The van der Waals surface area contributed by atoms with Crippen LogP contribution in [0.2, 0.25) is 0 Å². The lowest BCUT2D eigenvalue weighted by Crippen LogP contribution is -2.41. The molecule has 1 atom stereocenters. The fraction of sp³-hybridized carbons (Fsp3) is 0.368. The molecule has 0 aromatic heterocycles. The molecule has 1 N–H and O–H groups in total. The minimum absolute atomic E-state index is 0.152. The minimum atomic E-state index is -0.152. The molecule has 2 aromatic carbocycles. The van der Waals surface area contributed by atoms with Crippen molar-refractivity contribution in [2.24, 2.45) is 0 Å². The number of nitrogens with one attached hydrogen (secondary N) is 1. The Balaban J connectivity index is 1.55. The summed E-state index contributed by atoms with van der Waals surface area (Å²) in [5, 5.41) is 3.71. The van der Waals surface area contributed by atoms with E-state index in [0.29, 0.717) is 18.0 Å². The van der Waals surface area contributed by atoms with Crippen LogP contribution in [0.15, 0.2) is 48.5 Å². The predicted molar refractivity (Wildman–Crippen MR) is 84.9 cm³/mol. The van der Waals surface area contributed by atoms with Gasteiger partial charge in [-0.05, 0) is 61.4 Å². The van der Waals surface area contributed by atoms with Gasteiger partial charge in [-0.2, -0.15) is 0 Å². The molecule has 110 valence electrons. The van der Waals surface area contributed by atoms with Crippen LogP contribution < -0.4 is 5.32 Å². The molecular formula is C19H22FN. The van der Waals surface area contributed by atoms with Crippen LogP contribution >= 0.6 is 0 Å². The van der Waals surface area contributed by atoms with Crippen LogP contribution in [0.3, 0.4) is 0 Å². The standard InChI is InChI=1S/C19H22FN/c1-13-5-3-4-6-19(13)14(2)21-18-11-16(12-18)15-7-9-17(20)10-8-15/h3-10,14,16,18,21H,11-12H2,1-2H3. The fourth-order valence-corrected chi connectivity index (χ4v) is 3.28. The number of halogens is 1. The molecule has 0 spiro atoms. The molecule has 1 saturated carbocycles. The van der Waals surface area contributed by atoms with Gasteiger partial charge < -0.3 is 5.32 Å². The molecule has 2 heteroatoms. The Bertz CT molecular complexity index is 599. The van der Waals surface area contributed by atoms with Crippen LogP contribution in [0.1, 0.15) is 48.4 Å². The number of benzene rings is 2. The van der Waals surface area contributed by atoms with Gasteiger partial charge in [0.2, 0.25) is 0 Å². The molecule has 2 aromatic rings. The summed E-state index contributed by atoms with van der Waals surface area (Å²) in [5.41, 5.74) is 3.98. The second kappa shape index (κ2) is 5.98. The first kappa shape index (κ1) is 14.3. The molecule has 0 heterocycles. The van der Waals surface area contributed by atoms with Crippen LogP contribution in [0, 0.1) is 12.7 Å². The largest absolute Gasteiger partial charge is 0.307 e. The van der Waals surface area contributed by atoms with Crippen LogP contribution in [0.25, 0.3) is 0 Å². The summed E-state index contributed by atoms with van der Waals surface area (Å²) in [6, 6.07) is 16.4. The van der Waals surface area contributed by atoms with E-state index in [2.05, 4.69) is 43.4 Å². The molecule has 1 aliphatic carbocycles. The lowest BCUT2D eigenvalue weighted by molar-refractivity contribution is 0.270. The first-order valence-corrected chi connectivity index (χ1v) is 7.70. The van der Waals surface area contributed by atoms with Crippen molar-refractivity contribution < 1.29 is 4.39 Å². The van der Waals surface area contributed by atoms with Gasteiger partial charge in [0, 0.05) is 12.1 Å². The van der Waals surface area contributed by atoms with Crippen molar-refractivity contribution in [1.29, 1.82) is 0 Å². The smallest absolute Gasteiger partial charge is 0.123 e. The molecule has 0 radical (unpaired) electrons. The van der Waals surface area contributed by atoms with E-state index in [-0.39, 0.29) is 5.82 Å². The third kappa shape index (κ3) is 3.16. The second-order valence-electron chi connectivity index (χ2n) is 6.16. The van der Waals surface area contributed by atoms with Crippen molar-refractivity contribution >= 4 is 0 Å². The van der Waals surface area contributed by atoms with E-state index in [1.165, 1.54) is 16.7 Å². The number of rotatable bonds is 4. The molecule has 21 heavy (non-hydrogen) atoms. The lowest BCUT2D eigenvalue weighted by atomic mass is 9.75. The molecule has 1 unspecified atom stereocenters. The predicted octanol–water partition coefficient (Wildman–Crippen LogP) is 4.73. The van der Waals surface area contributed by atoms with E-state index in [9.17, 15) is 4.39 Å². The molecule has 1 aliphatic rings. The van der Waals surface area contributed by atoms with Crippen LogP contribution in [0.5, 0.6) is 0 Å². The topological polar surface area (TPSA) is 12.0 Å². The highest BCUT2D eigenvalue weighted by Crippen LogP contribution is 2.38. The zero-order valence-corrected chi connectivity index (χ0v) is 12.6. The quantitative estimate of drug-likeness (QED) is 0.855. The molecule has 0 bridgehead atoms. The number of hydrogen-bond donors (Lipinski definition) is 1. The third-order valence-electron chi connectivity index (χ3n) is 4.62. The Morgan fingerprint density at radius 2 is 1.71 bits per heavy atom. The van der Waals surface area contributed by atoms with Crippen LogP contribution in [-0.2, 0) is 0 Å². The van der Waals surface area contributed by atoms with Crippen molar-refractivity contribution in [2.75, 3.05) is 0 Å². The third-order valence-corrected chi connectivity index (χ3v) is 4.62. The number of aryl methyl sites for hydroxylation is 1. The van der Waals surface area contributed by atoms with Gasteiger partial charge in [0.25, 0.3) is 0 Å². The van der Waals surface area contributed by atoms with Gasteiger partial charge in [-0.3, -0.25) is 0 Å². The summed E-state index contributed by atoms with van der Waals surface area (Å²) in [5.74, 6) is 0.424. The van der Waals surface area contributed by atoms with Crippen molar-refractivity contribution in [1.82, 2.24) is 5.32 Å². The lowest BCUT2D eigenvalue weighted by Gasteiger charge is -2.38. The summed E-state index contributed by atoms with van der Waals surface area (Å²) in [6.45, 7) is 4.39. The van der Waals surface area contributed by atoms with E-state index < -0.39 is 0 Å². The van der Waals surface area contributed by atoms with E-state index in [4.69, 9.17) is 0 Å². The number of hydrogen-bond acceptors (Lipinski definition) is 1. The zero-order chi connectivity index (χ0) is 14.8. The zero-order valence-electron chi connectivity index (χ0n) is 12.6. The highest BCUT2D eigenvalue weighted by atomic mass is 19.1. The summed E-state index contributed by atoms with van der Waals surface area (Å²) < 4.78 is 12.9. The van der Waals surface area contributed by atoms with Crippen molar-refractivity contribution in [2.45, 2.75) is 44.7 Å². The van der Waals surface area contributed by atoms with Gasteiger partial charge in [-0.15, -0.1) is 0 Å². The van der Waals surface area contributed by atoms with Gasteiger partial charge >= 0.3 is 0 Å². The average Bonchev–Trinajstić information content (AvgIpc) is 2.44. The highest BCUT2D eigenvalue weighted by molar-refractivity contribution is 5.29. The van der Waals surface area contributed by atoms with Gasteiger partial charge in [-0.1, -0.05) is 36.4 Å². The molecule has 0 aliphatic heterocycles. The molecular weight excluding hydrogens is 261 g/mol. The Morgan fingerprint density at radius 3 is 2.38 bits per heavy atom. The summed E-state index contributed by atoms with van der Waals surface area (Å²) in [7, 11) is 0. The van der Waals surface area contributed by atoms with Crippen LogP contribution in [-0.4, -0.2) is 6.04 Å². The van der Waals surface area contributed by atoms with Gasteiger partial charge in [0.1, 0.15) is 5.82 Å². The van der Waals surface area contributed by atoms with Crippen molar-refractivity contribution in [3.63, 3.8) is 0 Å². The Kier molecular flexibility index (Phi) is 4.07.